The fraction of sp³-hybridized carbons (Fsp3) is 0.233. The molecule has 1 aromatic heterocycles. The monoisotopic (exact) mass is 542 g/mol. The number of Topliss-reactive ketones (excluding diaryl/α,β-unsaturated/α-hetero) is 1. The molecule has 0 aliphatic carbocycles. The molecule has 6 rings (SSSR count). The van der Waals surface area contributed by atoms with Crippen molar-refractivity contribution in [2.45, 2.75) is 32.4 Å². The number of anilines is 1. The number of hydrogen-bond acceptors (Lipinski definition) is 8. The van der Waals surface area contributed by atoms with Crippen LogP contribution in [0.1, 0.15) is 35.2 Å². The van der Waals surface area contributed by atoms with Gasteiger partial charge in [0.05, 0.1) is 36.1 Å². The number of fused-ring (bicyclic) bond motifs is 2. The van der Waals surface area contributed by atoms with E-state index in [0.717, 1.165) is 27.1 Å². The van der Waals surface area contributed by atoms with Crippen molar-refractivity contribution in [3.05, 3.63) is 82.4 Å². The molecule has 4 aromatic rings. The van der Waals surface area contributed by atoms with E-state index >= 15 is 0 Å². The minimum atomic E-state index is -0.935. The average molecular weight is 543 g/mol. The second-order valence-corrected chi connectivity index (χ2v) is 10.7. The number of rotatable bonds is 5. The zero-order chi connectivity index (χ0) is 27.4. The van der Waals surface area contributed by atoms with Crippen molar-refractivity contribution in [3.8, 4) is 17.2 Å². The van der Waals surface area contributed by atoms with Crippen LogP contribution in [-0.4, -0.2) is 42.1 Å². The highest BCUT2D eigenvalue weighted by Gasteiger charge is 2.48. The fourth-order valence-corrected chi connectivity index (χ4v) is 6.31. The third-order valence-electron chi connectivity index (χ3n) is 7.08. The summed E-state index contributed by atoms with van der Waals surface area (Å²) in [5.41, 5.74) is 3.71. The second kappa shape index (κ2) is 9.43. The Hall–Kier alpha value is -4.37. The molecule has 2 atom stereocenters. The number of ketones is 1. The molecule has 0 bridgehead atoms. The molecular weight excluding hydrogens is 516 g/mol. The number of aliphatic hydroxyl groups excluding tert-OH is 1. The molecule has 198 valence electrons. The normalized spacial score (nSPS) is 19.8. The lowest BCUT2D eigenvalue weighted by atomic mass is 9.94. The van der Waals surface area contributed by atoms with Crippen LogP contribution in [-0.2, 0) is 16.0 Å². The average Bonchev–Trinajstić information content (AvgIpc) is 3.59. The van der Waals surface area contributed by atoms with Crippen molar-refractivity contribution < 1.29 is 28.9 Å². The Kier molecular flexibility index (Phi) is 6.03. The fourth-order valence-electron chi connectivity index (χ4n) is 5.22. The van der Waals surface area contributed by atoms with Crippen LogP contribution >= 0.6 is 11.3 Å². The molecule has 0 spiro atoms. The number of thiazole rings is 1. The van der Waals surface area contributed by atoms with Gasteiger partial charge in [0.15, 0.2) is 16.6 Å². The van der Waals surface area contributed by atoms with Gasteiger partial charge in [-0.15, -0.1) is 0 Å². The largest absolute Gasteiger partial charge is 0.507 e. The number of carbonyl (C=O) groups excluding carboxylic acids is 2. The summed E-state index contributed by atoms with van der Waals surface area (Å²) in [6.07, 6.45) is 0.715. The van der Waals surface area contributed by atoms with Gasteiger partial charge in [-0.05, 0) is 73.0 Å². The first-order valence-corrected chi connectivity index (χ1v) is 13.3. The van der Waals surface area contributed by atoms with Gasteiger partial charge in [-0.1, -0.05) is 23.5 Å². The highest BCUT2D eigenvalue weighted by molar-refractivity contribution is 7.22. The molecule has 0 unspecified atom stereocenters. The van der Waals surface area contributed by atoms with Gasteiger partial charge in [-0.2, -0.15) is 0 Å². The molecule has 39 heavy (non-hydrogen) atoms. The lowest BCUT2D eigenvalue weighted by Gasteiger charge is -2.23. The van der Waals surface area contributed by atoms with E-state index in [9.17, 15) is 14.7 Å². The van der Waals surface area contributed by atoms with E-state index in [1.54, 1.807) is 30.3 Å². The van der Waals surface area contributed by atoms with Gasteiger partial charge in [0, 0.05) is 12.0 Å². The molecule has 0 radical (unpaired) electrons. The van der Waals surface area contributed by atoms with E-state index in [-0.39, 0.29) is 17.4 Å². The number of methoxy groups -OCH3 is 2. The number of aliphatic hydroxyl groups is 1. The molecule has 3 heterocycles. The van der Waals surface area contributed by atoms with Crippen LogP contribution in [0.25, 0.3) is 16.0 Å². The highest BCUT2D eigenvalue weighted by Crippen LogP contribution is 2.46. The van der Waals surface area contributed by atoms with Crippen molar-refractivity contribution in [1.82, 2.24) is 4.98 Å². The minimum absolute atomic E-state index is 0.0189. The maximum absolute atomic E-state index is 13.6. The van der Waals surface area contributed by atoms with Gasteiger partial charge in [-0.3, -0.25) is 14.5 Å². The van der Waals surface area contributed by atoms with Crippen LogP contribution < -0.4 is 19.1 Å². The summed E-state index contributed by atoms with van der Waals surface area (Å²) in [5, 5.41) is 11.9. The van der Waals surface area contributed by atoms with Gasteiger partial charge in [0.25, 0.3) is 5.78 Å². The van der Waals surface area contributed by atoms with Crippen molar-refractivity contribution >= 4 is 44.1 Å². The molecule has 1 N–H and O–H groups in total. The molecule has 3 aromatic carbocycles. The molecule has 0 saturated carbocycles. The summed E-state index contributed by atoms with van der Waals surface area (Å²) >= 11 is 1.32. The molecule has 9 heteroatoms. The Morgan fingerprint density at radius 3 is 2.62 bits per heavy atom. The molecule has 1 fully saturated rings. The number of nitrogens with zero attached hydrogens (tertiary/aromatic N) is 2. The molecule has 1 saturated heterocycles. The van der Waals surface area contributed by atoms with Crippen LogP contribution in [0.15, 0.2) is 60.2 Å². The summed E-state index contributed by atoms with van der Waals surface area (Å²) in [4.78, 5) is 33.3. The van der Waals surface area contributed by atoms with E-state index in [2.05, 4.69) is 4.98 Å². The number of aromatic nitrogens is 1. The minimum Gasteiger partial charge on any atom is -0.507 e. The first-order valence-electron chi connectivity index (χ1n) is 12.5. The lowest BCUT2D eigenvalue weighted by molar-refractivity contribution is -0.132. The molecule has 8 nitrogen and oxygen atoms in total. The first-order chi connectivity index (χ1) is 18.8. The number of aryl methyl sites for hydroxylation is 1. The van der Waals surface area contributed by atoms with Crippen molar-refractivity contribution in [3.63, 3.8) is 0 Å². The van der Waals surface area contributed by atoms with Crippen LogP contribution in [0.2, 0.25) is 0 Å². The Labute approximate surface area is 229 Å². The Morgan fingerprint density at radius 1 is 1.05 bits per heavy atom. The lowest BCUT2D eigenvalue weighted by Crippen LogP contribution is -2.29. The maximum Gasteiger partial charge on any atom is 0.301 e. The van der Waals surface area contributed by atoms with Gasteiger partial charge >= 0.3 is 5.91 Å². The van der Waals surface area contributed by atoms with Crippen LogP contribution in [0.3, 0.4) is 0 Å². The van der Waals surface area contributed by atoms with E-state index in [1.165, 1.54) is 30.5 Å². The SMILES string of the molecule is COc1ccc([C@@H]2C(=C(O)c3ccc4c(c3)C[C@H](C)O4)C(=O)C(=O)N2c2nc3ccc(C)cc3s2)cc1OC. The van der Waals surface area contributed by atoms with Crippen molar-refractivity contribution in [1.29, 1.82) is 0 Å². The summed E-state index contributed by atoms with van der Waals surface area (Å²) < 4.78 is 17.6. The standard InChI is InChI=1S/C30H26N2O6S/c1-15-5-8-20-24(11-15)39-30(31-20)32-26(17-6-10-22(36-3)23(14-17)37-4)25(28(34)29(32)35)27(33)18-7-9-21-19(13-18)12-16(2)38-21/h5-11,13-14,16,26,33H,12H2,1-4H3/t16-,26+/m0/s1. The highest BCUT2D eigenvalue weighted by atomic mass is 32.1. The Bertz CT molecular complexity index is 1690. The van der Waals surface area contributed by atoms with Crippen molar-refractivity contribution in [2.75, 3.05) is 19.1 Å². The molecule has 2 aliphatic rings. The van der Waals surface area contributed by atoms with Gasteiger partial charge < -0.3 is 19.3 Å². The van der Waals surface area contributed by atoms with Crippen molar-refractivity contribution in [2.24, 2.45) is 0 Å². The van der Waals surface area contributed by atoms with Gasteiger partial charge in [0.2, 0.25) is 0 Å². The number of hydrogen-bond donors (Lipinski definition) is 1. The number of amides is 1. The van der Waals surface area contributed by atoms with Gasteiger partial charge in [0.1, 0.15) is 17.6 Å². The third-order valence-corrected chi connectivity index (χ3v) is 8.09. The molecule has 1 amide bonds. The Balaban J connectivity index is 1.55. The van der Waals surface area contributed by atoms with Crippen LogP contribution in [0.4, 0.5) is 5.13 Å². The van der Waals surface area contributed by atoms with E-state index < -0.39 is 17.7 Å². The smallest absolute Gasteiger partial charge is 0.301 e. The van der Waals surface area contributed by atoms with E-state index in [0.29, 0.717) is 34.2 Å². The Morgan fingerprint density at radius 2 is 1.85 bits per heavy atom. The number of benzene rings is 3. The summed E-state index contributed by atoms with van der Waals surface area (Å²) in [5.74, 6) is -0.112. The zero-order valence-electron chi connectivity index (χ0n) is 21.8. The number of ether oxygens (including phenoxy) is 3. The second-order valence-electron chi connectivity index (χ2n) is 9.71. The molecular formula is C30H26N2O6S. The van der Waals surface area contributed by atoms with Gasteiger partial charge in [-0.25, -0.2) is 4.98 Å². The topological polar surface area (TPSA) is 98.2 Å². The van der Waals surface area contributed by atoms with E-state index in [1.807, 2.05) is 38.1 Å². The first kappa shape index (κ1) is 24.9. The third kappa shape index (κ3) is 4.10. The number of carbonyl (C=O) groups is 2. The van der Waals surface area contributed by atoms with Crippen LogP contribution in [0, 0.1) is 6.92 Å². The zero-order valence-corrected chi connectivity index (χ0v) is 22.7. The predicted octanol–water partition coefficient (Wildman–Crippen LogP) is 5.57. The summed E-state index contributed by atoms with van der Waals surface area (Å²) in [7, 11) is 3.05. The maximum atomic E-state index is 13.6. The molecule has 2 aliphatic heterocycles. The van der Waals surface area contributed by atoms with E-state index in [4.69, 9.17) is 14.2 Å². The van der Waals surface area contributed by atoms with Crippen LogP contribution in [0.5, 0.6) is 17.2 Å². The predicted molar refractivity (Wildman–Crippen MR) is 149 cm³/mol. The summed E-state index contributed by atoms with van der Waals surface area (Å²) in [6, 6.07) is 15.4. The quantitative estimate of drug-likeness (QED) is 0.200. The summed E-state index contributed by atoms with van der Waals surface area (Å²) in [6.45, 7) is 3.96.